The number of rotatable bonds is 5. The first-order chi connectivity index (χ1) is 9.49. The van der Waals surface area contributed by atoms with Gasteiger partial charge < -0.3 is 9.84 Å². The molecule has 0 unspecified atom stereocenters. The summed E-state index contributed by atoms with van der Waals surface area (Å²) in [6.45, 7) is 5.91. The van der Waals surface area contributed by atoms with Crippen LogP contribution in [0.5, 0.6) is 0 Å². The molecule has 8 nitrogen and oxygen atoms in total. The topological polar surface area (TPSA) is 107 Å². The summed E-state index contributed by atoms with van der Waals surface area (Å²) in [6.07, 6.45) is 1.51. The van der Waals surface area contributed by atoms with E-state index >= 15 is 0 Å². The molecule has 0 bridgehead atoms. The van der Waals surface area contributed by atoms with Gasteiger partial charge in [0.05, 0.1) is 17.2 Å². The molecule has 1 N–H and O–H groups in total. The van der Waals surface area contributed by atoms with Gasteiger partial charge in [-0.25, -0.2) is 0 Å². The summed E-state index contributed by atoms with van der Waals surface area (Å²) in [5, 5.41) is 17.8. The van der Waals surface area contributed by atoms with Crippen LogP contribution in [0.15, 0.2) is 10.7 Å². The summed E-state index contributed by atoms with van der Waals surface area (Å²) in [4.78, 5) is 18.9. The second-order valence-electron chi connectivity index (χ2n) is 4.46. The Balaban J connectivity index is 2.06. The van der Waals surface area contributed by atoms with Crippen LogP contribution >= 0.6 is 0 Å². The number of nitrogens with one attached hydrogen (secondary N) is 1. The van der Waals surface area contributed by atoms with Crippen molar-refractivity contribution in [2.45, 2.75) is 33.9 Å². The Hall–Kier alpha value is -2.35. The van der Waals surface area contributed by atoms with E-state index in [2.05, 4.69) is 20.4 Å². The van der Waals surface area contributed by atoms with Crippen LogP contribution in [0.1, 0.15) is 28.5 Å². The van der Waals surface area contributed by atoms with E-state index < -0.39 is 0 Å². The van der Waals surface area contributed by atoms with Crippen LogP contribution in [-0.4, -0.2) is 20.0 Å². The predicted molar refractivity (Wildman–Crippen MR) is 69.9 cm³/mol. The molecule has 0 radical (unpaired) electrons. The average Bonchev–Trinajstić information content (AvgIpc) is 2.77. The second-order valence-corrected chi connectivity index (χ2v) is 4.46. The monoisotopic (exact) mass is 277 g/mol. The van der Waals surface area contributed by atoms with Crippen LogP contribution in [-0.2, 0) is 13.1 Å². The molecule has 2 heterocycles. The zero-order valence-electron chi connectivity index (χ0n) is 11.5. The lowest BCUT2D eigenvalue weighted by atomic mass is 10.1. The Labute approximate surface area is 115 Å². The lowest BCUT2D eigenvalue weighted by Crippen LogP contribution is -2.15. The van der Waals surface area contributed by atoms with Gasteiger partial charge in [-0.3, -0.25) is 15.1 Å². The maximum Gasteiger partial charge on any atom is 0.278 e. The average molecular weight is 277 g/mol. The van der Waals surface area contributed by atoms with E-state index in [0.29, 0.717) is 41.6 Å². The minimum absolute atomic E-state index is 0.116. The quantitative estimate of drug-likeness (QED) is 0.653. The third-order valence-corrected chi connectivity index (χ3v) is 2.90. The van der Waals surface area contributed by atoms with Gasteiger partial charge in [0, 0.05) is 23.9 Å². The predicted octanol–water partition coefficient (Wildman–Crippen LogP) is 1.59. The molecular formula is C12H15N5O3. The highest BCUT2D eigenvalue weighted by Crippen LogP contribution is 2.23. The summed E-state index contributed by atoms with van der Waals surface area (Å²) in [7, 11) is 0. The Morgan fingerprint density at radius 3 is 2.70 bits per heavy atom. The van der Waals surface area contributed by atoms with Crippen LogP contribution < -0.4 is 5.32 Å². The van der Waals surface area contributed by atoms with Gasteiger partial charge in [-0.1, -0.05) is 5.16 Å². The van der Waals surface area contributed by atoms with E-state index in [1.54, 1.807) is 20.8 Å². The van der Waals surface area contributed by atoms with Gasteiger partial charge in [-0.05, 0) is 20.8 Å². The molecule has 0 aliphatic rings. The fourth-order valence-corrected chi connectivity index (χ4v) is 1.92. The number of nitro groups is 1. The van der Waals surface area contributed by atoms with Crippen molar-refractivity contribution in [2.75, 3.05) is 0 Å². The fraction of sp³-hybridized carbons (Fsp3) is 0.417. The lowest BCUT2D eigenvalue weighted by molar-refractivity contribution is -0.386. The van der Waals surface area contributed by atoms with Crippen molar-refractivity contribution >= 4 is 5.69 Å². The highest BCUT2D eigenvalue weighted by molar-refractivity contribution is 5.47. The maximum absolute atomic E-state index is 11.0. The van der Waals surface area contributed by atoms with Gasteiger partial charge in [0.25, 0.3) is 5.69 Å². The third kappa shape index (κ3) is 2.97. The summed E-state index contributed by atoms with van der Waals surface area (Å²) >= 11 is 0. The molecule has 0 aromatic carbocycles. The maximum atomic E-state index is 11.0. The van der Waals surface area contributed by atoms with Gasteiger partial charge in [0.1, 0.15) is 0 Å². The molecule has 106 valence electrons. The molecule has 0 amide bonds. The summed E-state index contributed by atoms with van der Waals surface area (Å²) in [6, 6.07) is 0. The molecule has 0 aliphatic carbocycles. The lowest BCUT2D eigenvalue weighted by Gasteiger charge is -2.07. The number of hydrogen-bond donors (Lipinski definition) is 1. The van der Waals surface area contributed by atoms with Crippen LogP contribution in [0.4, 0.5) is 5.69 Å². The van der Waals surface area contributed by atoms with Crippen molar-refractivity contribution in [3.63, 3.8) is 0 Å². The SMILES string of the molecule is Cc1noc(CNCc2ncc(C)c([N+](=O)[O-])c2C)n1. The highest BCUT2D eigenvalue weighted by Gasteiger charge is 2.18. The Morgan fingerprint density at radius 1 is 1.35 bits per heavy atom. The molecular weight excluding hydrogens is 262 g/mol. The number of aromatic nitrogens is 3. The van der Waals surface area contributed by atoms with Crippen LogP contribution in [0.2, 0.25) is 0 Å². The summed E-state index contributed by atoms with van der Waals surface area (Å²) in [5.74, 6) is 1.05. The van der Waals surface area contributed by atoms with Crippen molar-refractivity contribution in [1.82, 2.24) is 20.4 Å². The van der Waals surface area contributed by atoms with Gasteiger partial charge in [0.15, 0.2) is 5.82 Å². The standard InChI is InChI=1S/C12H15N5O3/c1-7-4-14-10(8(2)12(7)17(18)19)5-13-6-11-15-9(3)16-20-11/h4,13H,5-6H2,1-3H3. The largest absolute Gasteiger partial charge is 0.338 e. The Bertz CT molecular complexity index is 638. The van der Waals surface area contributed by atoms with Crippen molar-refractivity contribution in [2.24, 2.45) is 0 Å². The number of hydrogen-bond acceptors (Lipinski definition) is 7. The molecule has 8 heteroatoms. The third-order valence-electron chi connectivity index (χ3n) is 2.90. The van der Waals surface area contributed by atoms with E-state index in [4.69, 9.17) is 4.52 Å². The molecule has 0 aliphatic heterocycles. The first-order valence-corrected chi connectivity index (χ1v) is 6.08. The molecule has 0 fully saturated rings. The van der Waals surface area contributed by atoms with Crippen LogP contribution in [0.3, 0.4) is 0 Å². The van der Waals surface area contributed by atoms with Crippen molar-refractivity contribution < 1.29 is 9.45 Å². The summed E-state index contributed by atoms with van der Waals surface area (Å²) < 4.78 is 4.96. The molecule has 0 atom stereocenters. The molecule has 0 saturated heterocycles. The Morgan fingerprint density at radius 2 is 2.10 bits per heavy atom. The molecule has 2 aromatic heterocycles. The van der Waals surface area contributed by atoms with Gasteiger partial charge >= 0.3 is 0 Å². The number of nitrogens with zero attached hydrogens (tertiary/aromatic N) is 4. The zero-order chi connectivity index (χ0) is 14.7. The van der Waals surface area contributed by atoms with Crippen LogP contribution in [0, 0.1) is 30.9 Å². The van der Waals surface area contributed by atoms with Gasteiger partial charge in [-0.2, -0.15) is 4.98 Å². The van der Waals surface area contributed by atoms with Gasteiger partial charge in [0.2, 0.25) is 5.89 Å². The first kappa shape index (κ1) is 14.1. The zero-order valence-corrected chi connectivity index (χ0v) is 11.5. The van der Waals surface area contributed by atoms with E-state index in [1.807, 2.05) is 0 Å². The number of aryl methyl sites for hydroxylation is 2. The van der Waals surface area contributed by atoms with Crippen molar-refractivity contribution in [3.8, 4) is 0 Å². The van der Waals surface area contributed by atoms with E-state index in [-0.39, 0.29) is 10.6 Å². The Kier molecular flexibility index (Phi) is 4.04. The fourth-order valence-electron chi connectivity index (χ4n) is 1.92. The molecule has 0 saturated carbocycles. The minimum Gasteiger partial charge on any atom is -0.338 e. The molecule has 20 heavy (non-hydrogen) atoms. The first-order valence-electron chi connectivity index (χ1n) is 6.08. The van der Waals surface area contributed by atoms with E-state index in [1.165, 1.54) is 6.20 Å². The number of pyridine rings is 1. The normalized spacial score (nSPS) is 10.8. The summed E-state index contributed by atoms with van der Waals surface area (Å²) in [5.41, 5.74) is 1.89. The van der Waals surface area contributed by atoms with E-state index in [9.17, 15) is 10.1 Å². The van der Waals surface area contributed by atoms with Crippen molar-refractivity contribution in [1.29, 1.82) is 0 Å². The van der Waals surface area contributed by atoms with Crippen molar-refractivity contribution in [3.05, 3.63) is 44.8 Å². The highest BCUT2D eigenvalue weighted by atomic mass is 16.6. The smallest absolute Gasteiger partial charge is 0.278 e. The molecule has 0 spiro atoms. The molecule has 2 aromatic rings. The minimum atomic E-state index is -0.378. The second kappa shape index (κ2) is 5.74. The molecule has 2 rings (SSSR count). The van der Waals surface area contributed by atoms with Gasteiger partial charge in [-0.15, -0.1) is 0 Å². The van der Waals surface area contributed by atoms with Crippen LogP contribution in [0.25, 0.3) is 0 Å². The van der Waals surface area contributed by atoms with E-state index in [0.717, 1.165) is 0 Å².